The first kappa shape index (κ1) is 12.9. The molecule has 0 aliphatic rings. The number of pyridine rings is 1. The zero-order valence-corrected chi connectivity index (χ0v) is 9.56. The molecule has 0 aromatic carbocycles. The van der Waals surface area contributed by atoms with Gasteiger partial charge in [-0.3, -0.25) is 4.90 Å². The second kappa shape index (κ2) is 7.16. The molecule has 0 radical (unpaired) electrons. The molecule has 5 nitrogen and oxygen atoms in total. The van der Waals surface area contributed by atoms with Crippen LogP contribution in [0, 0.1) is 0 Å². The summed E-state index contributed by atoms with van der Waals surface area (Å²) in [6.07, 6.45) is 1.80. The van der Waals surface area contributed by atoms with Crippen LogP contribution in [0.1, 0.15) is 5.56 Å². The van der Waals surface area contributed by atoms with E-state index in [2.05, 4.69) is 10.3 Å². The summed E-state index contributed by atoms with van der Waals surface area (Å²) in [6, 6.07) is 3.89. The Bertz CT molecular complexity index is 284. The van der Waals surface area contributed by atoms with Gasteiger partial charge in [-0.05, 0) is 11.6 Å². The fourth-order valence-corrected chi connectivity index (χ4v) is 1.48. The fourth-order valence-electron chi connectivity index (χ4n) is 1.48. The Morgan fingerprint density at radius 1 is 1.25 bits per heavy atom. The van der Waals surface area contributed by atoms with E-state index < -0.39 is 0 Å². The predicted octanol–water partition coefficient (Wildman–Crippen LogP) is -0.0901. The molecule has 0 unspecified atom stereocenters. The van der Waals surface area contributed by atoms with Gasteiger partial charge in [0.25, 0.3) is 0 Å². The lowest BCUT2D eigenvalue weighted by Gasteiger charge is -2.19. The molecule has 1 heterocycles. The minimum atomic E-state index is 0.0992. The van der Waals surface area contributed by atoms with Crippen molar-refractivity contribution in [1.82, 2.24) is 9.88 Å². The second-order valence-corrected chi connectivity index (χ2v) is 3.53. The minimum Gasteiger partial charge on any atom is -0.395 e. The van der Waals surface area contributed by atoms with Crippen molar-refractivity contribution in [3.8, 4) is 0 Å². The summed E-state index contributed by atoms with van der Waals surface area (Å²) >= 11 is 0. The van der Waals surface area contributed by atoms with Crippen molar-refractivity contribution in [3.05, 3.63) is 23.9 Å². The Morgan fingerprint density at radius 2 is 1.94 bits per heavy atom. The first-order valence-electron chi connectivity index (χ1n) is 5.37. The third-order valence-corrected chi connectivity index (χ3v) is 2.32. The highest BCUT2D eigenvalue weighted by molar-refractivity contribution is 5.34. The molecule has 0 saturated heterocycles. The number of aliphatic hydroxyl groups excluding tert-OH is 2. The van der Waals surface area contributed by atoms with Gasteiger partial charge in [0.15, 0.2) is 0 Å². The van der Waals surface area contributed by atoms with Crippen LogP contribution < -0.4 is 5.32 Å². The molecule has 5 heteroatoms. The highest BCUT2D eigenvalue weighted by atomic mass is 16.3. The molecule has 0 amide bonds. The Kier molecular flexibility index (Phi) is 5.77. The lowest BCUT2D eigenvalue weighted by Crippen LogP contribution is -2.29. The molecule has 0 fully saturated rings. The van der Waals surface area contributed by atoms with Gasteiger partial charge in [-0.25, -0.2) is 4.98 Å². The van der Waals surface area contributed by atoms with Crippen molar-refractivity contribution < 1.29 is 10.2 Å². The zero-order chi connectivity index (χ0) is 11.8. The highest BCUT2D eigenvalue weighted by Gasteiger charge is 2.04. The van der Waals surface area contributed by atoms with Crippen LogP contribution >= 0.6 is 0 Å². The lowest BCUT2D eigenvalue weighted by atomic mass is 10.2. The summed E-state index contributed by atoms with van der Waals surface area (Å²) in [6.45, 7) is 2.02. The van der Waals surface area contributed by atoms with Gasteiger partial charge in [-0.1, -0.05) is 6.07 Å². The van der Waals surface area contributed by atoms with E-state index in [-0.39, 0.29) is 13.2 Å². The summed E-state index contributed by atoms with van der Waals surface area (Å²) < 4.78 is 0. The van der Waals surface area contributed by atoms with Crippen molar-refractivity contribution in [3.63, 3.8) is 0 Å². The Labute approximate surface area is 95.7 Å². The van der Waals surface area contributed by atoms with Gasteiger partial charge in [0, 0.05) is 32.9 Å². The van der Waals surface area contributed by atoms with Crippen molar-refractivity contribution in [1.29, 1.82) is 0 Å². The number of aliphatic hydroxyl groups is 2. The number of hydrogen-bond donors (Lipinski definition) is 3. The van der Waals surface area contributed by atoms with Gasteiger partial charge in [0.2, 0.25) is 0 Å². The molecule has 0 saturated carbocycles. The molecular weight excluding hydrogens is 206 g/mol. The van der Waals surface area contributed by atoms with Crippen LogP contribution in [-0.4, -0.2) is 53.4 Å². The third-order valence-electron chi connectivity index (χ3n) is 2.32. The van der Waals surface area contributed by atoms with Crippen molar-refractivity contribution in [2.75, 3.05) is 38.7 Å². The normalized spacial score (nSPS) is 10.8. The van der Waals surface area contributed by atoms with Crippen molar-refractivity contribution in [2.24, 2.45) is 0 Å². The van der Waals surface area contributed by atoms with Gasteiger partial charge < -0.3 is 15.5 Å². The summed E-state index contributed by atoms with van der Waals surface area (Å²) in [5.41, 5.74) is 1.07. The first-order chi connectivity index (χ1) is 7.80. The van der Waals surface area contributed by atoms with Crippen molar-refractivity contribution >= 4 is 5.82 Å². The molecule has 3 N–H and O–H groups in total. The van der Waals surface area contributed by atoms with E-state index in [0.29, 0.717) is 19.6 Å². The number of aromatic nitrogens is 1. The molecule has 1 aromatic heterocycles. The fraction of sp³-hybridized carbons (Fsp3) is 0.545. The SMILES string of the molecule is CNc1ccc(CN(CCO)CCO)cn1. The maximum Gasteiger partial charge on any atom is 0.125 e. The summed E-state index contributed by atoms with van der Waals surface area (Å²) in [7, 11) is 1.83. The first-order valence-corrected chi connectivity index (χ1v) is 5.37. The van der Waals surface area contributed by atoms with E-state index in [1.165, 1.54) is 0 Å². The van der Waals surface area contributed by atoms with E-state index in [0.717, 1.165) is 11.4 Å². The quantitative estimate of drug-likeness (QED) is 0.605. The Hall–Kier alpha value is -1.17. The molecule has 1 aromatic rings. The van der Waals surface area contributed by atoms with Crippen molar-refractivity contribution in [2.45, 2.75) is 6.54 Å². The Balaban J connectivity index is 2.54. The lowest BCUT2D eigenvalue weighted by molar-refractivity contribution is 0.156. The van der Waals surface area contributed by atoms with E-state index >= 15 is 0 Å². The molecular formula is C11H19N3O2. The topological polar surface area (TPSA) is 68.6 Å². The van der Waals surface area contributed by atoms with Crippen LogP contribution in [0.5, 0.6) is 0 Å². The molecule has 16 heavy (non-hydrogen) atoms. The molecule has 0 atom stereocenters. The van der Waals surface area contributed by atoms with Crippen LogP contribution in [0.2, 0.25) is 0 Å². The maximum atomic E-state index is 8.87. The van der Waals surface area contributed by atoms with E-state index in [1.807, 2.05) is 24.1 Å². The zero-order valence-electron chi connectivity index (χ0n) is 9.56. The Morgan fingerprint density at radius 3 is 2.38 bits per heavy atom. The van der Waals surface area contributed by atoms with Crippen LogP contribution in [0.15, 0.2) is 18.3 Å². The summed E-state index contributed by atoms with van der Waals surface area (Å²) in [5.74, 6) is 0.833. The monoisotopic (exact) mass is 225 g/mol. The van der Waals surface area contributed by atoms with Crippen LogP contribution in [-0.2, 0) is 6.54 Å². The van der Waals surface area contributed by atoms with Crippen LogP contribution in [0.4, 0.5) is 5.82 Å². The standard InChI is InChI=1S/C11H19N3O2/c1-12-11-3-2-10(8-13-11)9-14(4-6-15)5-7-16/h2-3,8,15-16H,4-7,9H2,1H3,(H,12,13). The van der Waals surface area contributed by atoms with Gasteiger partial charge in [-0.2, -0.15) is 0 Å². The van der Waals surface area contributed by atoms with Gasteiger partial charge in [-0.15, -0.1) is 0 Å². The number of anilines is 1. The van der Waals surface area contributed by atoms with E-state index in [9.17, 15) is 0 Å². The second-order valence-electron chi connectivity index (χ2n) is 3.53. The number of nitrogens with zero attached hydrogens (tertiary/aromatic N) is 2. The smallest absolute Gasteiger partial charge is 0.125 e. The predicted molar refractivity (Wildman–Crippen MR) is 63.2 cm³/mol. The van der Waals surface area contributed by atoms with Gasteiger partial charge in [0.05, 0.1) is 13.2 Å². The maximum absolute atomic E-state index is 8.87. The molecule has 0 aliphatic carbocycles. The largest absolute Gasteiger partial charge is 0.395 e. The minimum absolute atomic E-state index is 0.0992. The molecule has 0 spiro atoms. The molecule has 0 bridgehead atoms. The molecule has 1 rings (SSSR count). The van der Waals surface area contributed by atoms with Crippen LogP contribution in [0.25, 0.3) is 0 Å². The third kappa shape index (κ3) is 4.14. The average molecular weight is 225 g/mol. The van der Waals surface area contributed by atoms with E-state index in [4.69, 9.17) is 10.2 Å². The summed E-state index contributed by atoms with van der Waals surface area (Å²) in [4.78, 5) is 6.19. The van der Waals surface area contributed by atoms with Crippen LogP contribution in [0.3, 0.4) is 0 Å². The number of nitrogens with one attached hydrogen (secondary N) is 1. The van der Waals surface area contributed by atoms with E-state index in [1.54, 1.807) is 6.20 Å². The van der Waals surface area contributed by atoms with Gasteiger partial charge in [0.1, 0.15) is 5.82 Å². The molecule has 0 aliphatic heterocycles. The molecule has 90 valence electrons. The van der Waals surface area contributed by atoms with Gasteiger partial charge >= 0.3 is 0 Å². The number of rotatable bonds is 7. The summed E-state index contributed by atoms with van der Waals surface area (Å²) in [5, 5.41) is 20.7. The number of hydrogen-bond acceptors (Lipinski definition) is 5. The highest BCUT2D eigenvalue weighted by Crippen LogP contribution is 2.06. The average Bonchev–Trinajstić information content (AvgIpc) is 2.31.